The molecule has 1 aromatic carbocycles. The highest BCUT2D eigenvalue weighted by Gasteiger charge is 2.13. The lowest BCUT2D eigenvalue weighted by atomic mass is 10.1. The summed E-state index contributed by atoms with van der Waals surface area (Å²) in [4.78, 5) is 11.9. The number of primary sulfonamides is 1. The largest absolute Gasteiger partial charge is 0.352 e. The van der Waals surface area contributed by atoms with Gasteiger partial charge in [0.25, 0.3) is 5.91 Å². The summed E-state index contributed by atoms with van der Waals surface area (Å²) >= 11 is 3.18. The van der Waals surface area contributed by atoms with E-state index in [4.69, 9.17) is 5.14 Å². The molecule has 0 aromatic heterocycles. The number of hydrogen-bond acceptors (Lipinski definition) is 3. The van der Waals surface area contributed by atoms with Crippen molar-refractivity contribution in [1.29, 1.82) is 0 Å². The van der Waals surface area contributed by atoms with Gasteiger partial charge in [-0.05, 0) is 30.5 Å². The van der Waals surface area contributed by atoms with Crippen molar-refractivity contribution in [3.63, 3.8) is 0 Å². The highest BCUT2D eigenvalue weighted by molar-refractivity contribution is 9.10. The van der Waals surface area contributed by atoms with E-state index in [9.17, 15) is 13.2 Å². The van der Waals surface area contributed by atoms with Crippen molar-refractivity contribution >= 4 is 31.9 Å². The van der Waals surface area contributed by atoms with Crippen molar-refractivity contribution in [2.45, 2.75) is 38.0 Å². The summed E-state index contributed by atoms with van der Waals surface area (Å²) in [7, 11) is -3.83. The molecule has 3 N–H and O–H groups in total. The molecule has 1 rings (SSSR count). The van der Waals surface area contributed by atoms with Gasteiger partial charge >= 0.3 is 0 Å². The summed E-state index contributed by atoms with van der Waals surface area (Å²) in [5, 5.41) is 7.87. The van der Waals surface area contributed by atoms with Gasteiger partial charge in [-0.3, -0.25) is 4.79 Å². The Hall–Kier alpha value is -0.920. The minimum absolute atomic E-state index is 0.0816. The summed E-state index contributed by atoms with van der Waals surface area (Å²) in [5.74, 6) is 0.355. The first-order chi connectivity index (χ1) is 9.70. The number of carbonyl (C=O) groups is 1. The lowest BCUT2D eigenvalue weighted by Gasteiger charge is -2.08. The van der Waals surface area contributed by atoms with E-state index in [2.05, 4.69) is 35.1 Å². The Bertz CT molecular complexity index is 600. The third kappa shape index (κ3) is 6.58. The number of rotatable bonds is 7. The third-order valence-corrected chi connectivity index (χ3v) is 4.31. The molecular weight excluding hydrogens is 356 g/mol. The fourth-order valence-electron chi connectivity index (χ4n) is 1.84. The second kappa shape index (κ2) is 7.91. The molecule has 0 unspecified atom stereocenters. The van der Waals surface area contributed by atoms with Crippen LogP contribution in [0.1, 0.15) is 43.5 Å². The Balaban J connectivity index is 2.64. The molecule has 0 radical (unpaired) electrons. The second-order valence-electron chi connectivity index (χ2n) is 5.37. The van der Waals surface area contributed by atoms with E-state index in [0.29, 0.717) is 16.9 Å². The molecule has 0 aliphatic carbocycles. The Morgan fingerprint density at radius 3 is 2.52 bits per heavy atom. The summed E-state index contributed by atoms with van der Waals surface area (Å²) in [6.45, 7) is 4.90. The molecule has 0 saturated carbocycles. The smallest absolute Gasteiger partial charge is 0.251 e. The van der Waals surface area contributed by atoms with Gasteiger partial charge in [0.05, 0.1) is 4.90 Å². The lowest BCUT2D eigenvalue weighted by molar-refractivity contribution is 0.0952. The van der Waals surface area contributed by atoms with Crippen molar-refractivity contribution in [3.05, 3.63) is 28.2 Å². The molecule has 0 bridgehead atoms. The van der Waals surface area contributed by atoms with Gasteiger partial charge in [-0.15, -0.1) is 0 Å². The van der Waals surface area contributed by atoms with E-state index >= 15 is 0 Å². The van der Waals surface area contributed by atoms with Crippen LogP contribution in [-0.2, 0) is 10.0 Å². The first-order valence-corrected chi connectivity index (χ1v) is 9.15. The molecule has 0 aliphatic rings. The van der Waals surface area contributed by atoms with Crippen LogP contribution in [0.3, 0.4) is 0 Å². The monoisotopic (exact) mass is 376 g/mol. The van der Waals surface area contributed by atoms with Gasteiger partial charge in [0.15, 0.2) is 0 Å². The van der Waals surface area contributed by atoms with Crippen LogP contribution in [-0.4, -0.2) is 20.9 Å². The predicted molar refractivity (Wildman–Crippen MR) is 86.5 cm³/mol. The molecule has 1 amide bonds. The van der Waals surface area contributed by atoms with Gasteiger partial charge < -0.3 is 5.32 Å². The van der Waals surface area contributed by atoms with Crippen molar-refractivity contribution in [3.8, 4) is 0 Å². The number of hydrogen-bond donors (Lipinski definition) is 2. The SMILES string of the molecule is CC(C)CCCCNC(=O)c1cc(Br)cc(S(N)(=O)=O)c1. The Morgan fingerprint density at radius 1 is 1.29 bits per heavy atom. The maximum atomic E-state index is 12.0. The van der Waals surface area contributed by atoms with Gasteiger partial charge in [-0.2, -0.15) is 0 Å². The zero-order valence-corrected chi connectivity index (χ0v) is 14.6. The Morgan fingerprint density at radius 2 is 1.95 bits per heavy atom. The number of halogens is 1. The van der Waals surface area contributed by atoms with Gasteiger partial charge in [0.2, 0.25) is 10.0 Å². The van der Waals surface area contributed by atoms with E-state index in [1.165, 1.54) is 12.1 Å². The quantitative estimate of drug-likeness (QED) is 0.716. The van der Waals surface area contributed by atoms with Crippen molar-refractivity contribution in [2.24, 2.45) is 11.1 Å². The molecule has 7 heteroatoms. The zero-order valence-electron chi connectivity index (χ0n) is 12.2. The molecule has 0 atom stereocenters. The molecule has 118 valence electrons. The number of nitrogens with two attached hydrogens (primary N) is 1. The fraction of sp³-hybridized carbons (Fsp3) is 0.500. The van der Waals surface area contributed by atoms with E-state index in [-0.39, 0.29) is 16.4 Å². The minimum atomic E-state index is -3.83. The van der Waals surface area contributed by atoms with Crippen molar-refractivity contribution < 1.29 is 13.2 Å². The van der Waals surface area contributed by atoms with E-state index in [0.717, 1.165) is 19.3 Å². The normalized spacial score (nSPS) is 11.7. The summed E-state index contributed by atoms with van der Waals surface area (Å²) in [6.07, 6.45) is 3.08. The van der Waals surface area contributed by atoms with Crippen LogP contribution in [0.5, 0.6) is 0 Å². The highest BCUT2D eigenvalue weighted by Crippen LogP contribution is 2.18. The molecule has 21 heavy (non-hydrogen) atoms. The molecule has 0 fully saturated rings. The average Bonchev–Trinajstić information content (AvgIpc) is 2.36. The van der Waals surface area contributed by atoms with E-state index in [1.807, 2.05) is 0 Å². The van der Waals surface area contributed by atoms with Crippen LogP contribution in [0.4, 0.5) is 0 Å². The van der Waals surface area contributed by atoms with Gasteiger partial charge in [0, 0.05) is 16.6 Å². The van der Waals surface area contributed by atoms with Crippen molar-refractivity contribution in [1.82, 2.24) is 5.32 Å². The Labute approximate surface area is 134 Å². The molecule has 0 saturated heterocycles. The number of carbonyl (C=O) groups excluding carboxylic acids is 1. The van der Waals surface area contributed by atoms with Crippen LogP contribution in [0.15, 0.2) is 27.6 Å². The van der Waals surface area contributed by atoms with Crippen LogP contribution < -0.4 is 10.5 Å². The summed E-state index contributed by atoms with van der Waals surface area (Å²) in [5.41, 5.74) is 0.275. The fourth-order valence-corrected chi connectivity index (χ4v) is 3.07. The zero-order chi connectivity index (χ0) is 16.0. The van der Waals surface area contributed by atoms with E-state index in [1.54, 1.807) is 6.07 Å². The molecule has 0 spiro atoms. The first-order valence-electron chi connectivity index (χ1n) is 6.81. The molecular formula is C14H21BrN2O3S. The average molecular weight is 377 g/mol. The van der Waals surface area contributed by atoms with Gasteiger partial charge in [0.1, 0.15) is 0 Å². The maximum Gasteiger partial charge on any atom is 0.251 e. The number of nitrogens with one attached hydrogen (secondary N) is 1. The maximum absolute atomic E-state index is 12.0. The predicted octanol–water partition coefficient (Wildman–Crippen LogP) is 2.65. The first kappa shape index (κ1) is 18.1. The summed E-state index contributed by atoms with van der Waals surface area (Å²) < 4.78 is 23.2. The Kier molecular flexibility index (Phi) is 6.83. The van der Waals surface area contributed by atoms with Crippen LogP contribution in [0.2, 0.25) is 0 Å². The number of amides is 1. The molecule has 0 heterocycles. The van der Waals surface area contributed by atoms with Crippen LogP contribution >= 0.6 is 15.9 Å². The molecule has 5 nitrogen and oxygen atoms in total. The number of unbranched alkanes of at least 4 members (excludes halogenated alkanes) is 1. The standard InChI is InChI=1S/C14H21BrN2O3S/c1-10(2)5-3-4-6-17-14(18)11-7-12(15)9-13(8-11)21(16,19)20/h7-10H,3-6H2,1-2H3,(H,17,18)(H2,16,19,20). The van der Waals surface area contributed by atoms with Gasteiger partial charge in [-0.25, -0.2) is 13.6 Å². The summed E-state index contributed by atoms with van der Waals surface area (Å²) in [6, 6.07) is 4.22. The number of benzene rings is 1. The van der Waals surface area contributed by atoms with Crippen molar-refractivity contribution in [2.75, 3.05) is 6.54 Å². The third-order valence-electron chi connectivity index (χ3n) is 2.96. The minimum Gasteiger partial charge on any atom is -0.352 e. The number of sulfonamides is 1. The van der Waals surface area contributed by atoms with Crippen LogP contribution in [0.25, 0.3) is 0 Å². The topological polar surface area (TPSA) is 89.3 Å². The van der Waals surface area contributed by atoms with E-state index < -0.39 is 10.0 Å². The molecule has 0 aliphatic heterocycles. The highest BCUT2D eigenvalue weighted by atomic mass is 79.9. The van der Waals surface area contributed by atoms with Crippen LogP contribution in [0, 0.1) is 5.92 Å². The second-order valence-corrected chi connectivity index (χ2v) is 7.84. The van der Waals surface area contributed by atoms with Gasteiger partial charge in [-0.1, -0.05) is 42.6 Å². The molecule has 1 aromatic rings. The lowest BCUT2D eigenvalue weighted by Crippen LogP contribution is -2.25.